The largest absolute Gasteiger partial charge is 0.383 e. The number of nitrogens with zero attached hydrogens (tertiary/aromatic N) is 1. The Morgan fingerprint density at radius 1 is 1.45 bits per heavy atom. The standard InChI is InChI=1S/C14H15ClFN3O/c1-2-3-10-13(17)18-12(19-14(10)20)6-8-4-5-9(16)7-11(8)15/h4-5,7H,2-3,6H2,1H3,(H3,17,18,19,20). The maximum atomic E-state index is 13.0. The topological polar surface area (TPSA) is 71.8 Å². The number of aromatic nitrogens is 2. The van der Waals surface area contributed by atoms with Gasteiger partial charge in [-0.05, 0) is 24.1 Å². The maximum absolute atomic E-state index is 13.0. The van der Waals surface area contributed by atoms with Crippen molar-refractivity contribution in [2.45, 2.75) is 26.2 Å². The summed E-state index contributed by atoms with van der Waals surface area (Å²) in [7, 11) is 0. The number of benzene rings is 1. The second-order valence-electron chi connectivity index (χ2n) is 4.54. The molecule has 0 saturated carbocycles. The zero-order chi connectivity index (χ0) is 14.7. The Balaban J connectivity index is 2.33. The van der Waals surface area contributed by atoms with Gasteiger partial charge in [-0.25, -0.2) is 9.37 Å². The molecule has 2 aromatic rings. The lowest BCUT2D eigenvalue weighted by Gasteiger charge is -2.07. The van der Waals surface area contributed by atoms with Crippen molar-refractivity contribution in [1.82, 2.24) is 9.97 Å². The zero-order valence-corrected chi connectivity index (χ0v) is 11.8. The summed E-state index contributed by atoms with van der Waals surface area (Å²) in [6.45, 7) is 1.96. The van der Waals surface area contributed by atoms with Gasteiger partial charge < -0.3 is 10.7 Å². The fraction of sp³-hybridized carbons (Fsp3) is 0.286. The molecular weight excluding hydrogens is 281 g/mol. The Labute approximate surface area is 120 Å². The van der Waals surface area contributed by atoms with Gasteiger partial charge in [0.2, 0.25) is 0 Å². The molecule has 2 rings (SSSR count). The summed E-state index contributed by atoms with van der Waals surface area (Å²) >= 11 is 5.95. The van der Waals surface area contributed by atoms with Crippen LogP contribution in [0.5, 0.6) is 0 Å². The first kappa shape index (κ1) is 14.5. The lowest BCUT2D eigenvalue weighted by atomic mass is 10.1. The first-order valence-electron chi connectivity index (χ1n) is 6.32. The minimum absolute atomic E-state index is 0.229. The Kier molecular flexibility index (Phi) is 4.39. The molecule has 106 valence electrons. The minimum atomic E-state index is -0.405. The molecule has 0 amide bonds. The number of nitrogen functional groups attached to an aromatic ring is 1. The number of nitrogens with one attached hydrogen (secondary N) is 1. The molecule has 0 bridgehead atoms. The first-order valence-corrected chi connectivity index (χ1v) is 6.70. The van der Waals surface area contributed by atoms with Gasteiger partial charge in [0.25, 0.3) is 5.56 Å². The third-order valence-corrected chi connectivity index (χ3v) is 3.32. The van der Waals surface area contributed by atoms with Gasteiger partial charge in [-0.2, -0.15) is 0 Å². The highest BCUT2D eigenvalue weighted by molar-refractivity contribution is 6.31. The summed E-state index contributed by atoms with van der Waals surface area (Å²) in [6.07, 6.45) is 1.70. The van der Waals surface area contributed by atoms with Crippen LogP contribution in [0.2, 0.25) is 5.02 Å². The monoisotopic (exact) mass is 295 g/mol. The van der Waals surface area contributed by atoms with Crippen LogP contribution in [0.4, 0.5) is 10.2 Å². The fourth-order valence-electron chi connectivity index (χ4n) is 1.98. The average molecular weight is 296 g/mol. The Morgan fingerprint density at radius 3 is 2.80 bits per heavy atom. The van der Waals surface area contributed by atoms with E-state index in [0.717, 1.165) is 6.42 Å². The van der Waals surface area contributed by atoms with E-state index in [1.165, 1.54) is 12.1 Å². The van der Waals surface area contributed by atoms with Crippen molar-refractivity contribution < 1.29 is 4.39 Å². The van der Waals surface area contributed by atoms with Gasteiger partial charge in [0.15, 0.2) is 0 Å². The van der Waals surface area contributed by atoms with E-state index in [4.69, 9.17) is 17.3 Å². The molecule has 20 heavy (non-hydrogen) atoms. The third kappa shape index (κ3) is 3.17. The number of aromatic amines is 1. The minimum Gasteiger partial charge on any atom is -0.383 e. The molecule has 0 fully saturated rings. The molecule has 0 radical (unpaired) electrons. The number of anilines is 1. The number of halogens is 2. The Morgan fingerprint density at radius 2 is 2.20 bits per heavy atom. The first-order chi connectivity index (χ1) is 9.51. The molecule has 4 nitrogen and oxygen atoms in total. The molecule has 0 atom stereocenters. The smallest absolute Gasteiger partial charge is 0.256 e. The number of hydrogen-bond acceptors (Lipinski definition) is 3. The second kappa shape index (κ2) is 6.05. The van der Waals surface area contributed by atoms with Gasteiger partial charge in [-0.3, -0.25) is 4.79 Å². The molecule has 1 aromatic heterocycles. The summed E-state index contributed by atoms with van der Waals surface area (Å²) in [5.74, 6) is 0.253. The van der Waals surface area contributed by atoms with Crippen LogP contribution in [0.15, 0.2) is 23.0 Å². The van der Waals surface area contributed by atoms with Gasteiger partial charge in [0, 0.05) is 11.4 Å². The van der Waals surface area contributed by atoms with Gasteiger partial charge in [-0.1, -0.05) is 31.0 Å². The van der Waals surface area contributed by atoms with Crippen LogP contribution < -0.4 is 11.3 Å². The number of hydrogen-bond donors (Lipinski definition) is 2. The fourth-order valence-corrected chi connectivity index (χ4v) is 2.22. The molecule has 0 aliphatic heterocycles. The third-order valence-electron chi connectivity index (χ3n) is 2.97. The van der Waals surface area contributed by atoms with Crippen LogP contribution in [-0.2, 0) is 12.8 Å². The predicted octanol–water partition coefficient (Wildman–Crippen LogP) is 2.69. The van der Waals surface area contributed by atoms with Gasteiger partial charge >= 0.3 is 0 Å². The van der Waals surface area contributed by atoms with Crippen molar-refractivity contribution in [1.29, 1.82) is 0 Å². The van der Waals surface area contributed by atoms with Crippen molar-refractivity contribution in [3.63, 3.8) is 0 Å². The molecule has 0 unspecified atom stereocenters. The summed E-state index contributed by atoms with van der Waals surface area (Å²) in [6, 6.07) is 4.10. The van der Waals surface area contributed by atoms with E-state index >= 15 is 0 Å². The Bertz CT molecular complexity index is 685. The van der Waals surface area contributed by atoms with E-state index in [2.05, 4.69) is 9.97 Å². The van der Waals surface area contributed by atoms with E-state index in [1.807, 2.05) is 6.92 Å². The molecule has 0 aliphatic rings. The van der Waals surface area contributed by atoms with Crippen molar-refractivity contribution in [2.24, 2.45) is 0 Å². The van der Waals surface area contributed by atoms with Crippen LogP contribution in [0.1, 0.15) is 30.3 Å². The molecule has 0 saturated heterocycles. The summed E-state index contributed by atoms with van der Waals surface area (Å²) < 4.78 is 13.0. The second-order valence-corrected chi connectivity index (χ2v) is 4.95. The van der Waals surface area contributed by atoms with Crippen LogP contribution in [0, 0.1) is 5.82 Å². The molecule has 0 aliphatic carbocycles. The number of nitrogens with two attached hydrogens (primary N) is 1. The van der Waals surface area contributed by atoms with Crippen LogP contribution >= 0.6 is 11.6 Å². The van der Waals surface area contributed by atoms with Crippen molar-refractivity contribution in [3.05, 3.63) is 56.3 Å². The molecule has 6 heteroatoms. The SMILES string of the molecule is CCCc1c(N)nc(Cc2ccc(F)cc2Cl)[nH]c1=O. The highest BCUT2D eigenvalue weighted by Crippen LogP contribution is 2.19. The van der Waals surface area contributed by atoms with E-state index in [0.29, 0.717) is 34.8 Å². The lowest BCUT2D eigenvalue weighted by molar-refractivity contribution is 0.627. The normalized spacial score (nSPS) is 10.8. The zero-order valence-electron chi connectivity index (χ0n) is 11.0. The van der Waals surface area contributed by atoms with Crippen molar-refractivity contribution in [2.75, 3.05) is 5.73 Å². The number of H-pyrrole nitrogens is 1. The Hall–Kier alpha value is -1.88. The number of rotatable bonds is 4. The highest BCUT2D eigenvalue weighted by Gasteiger charge is 2.10. The van der Waals surface area contributed by atoms with Gasteiger partial charge in [0.1, 0.15) is 17.5 Å². The van der Waals surface area contributed by atoms with E-state index in [9.17, 15) is 9.18 Å². The maximum Gasteiger partial charge on any atom is 0.256 e. The average Bonchev–Trinajstić information content (AvgIpc) is 2.37. The predicted molar refractivity (Wildman–Crippen MR) is 77.5 cm³/mol. The highest BCUT2D eigenvalue weighted by atomic mass is 35.5. The summed E-state index contributed by atoms with van der Waals surface area (Å²) in [5, 5.41) is 0.295. The van der Waals surface area contributed by atoms with Gasteiger partial charge in [-0.15, -0.1) is 0 Å². The molecular formula is C14H15ClFN3O. The van der Waals surface area contributed by atoms with Crippen LogP contribution in [-0.4, -0.2) is 9.97 Å². The summed E-state index contributed by atoms with van der Waals surface area (Å²) in [5.41, 5.74) is 6.75. The van der Waals surface area contributed by atoms with E-state index < -0.39 is 5.82 Å². The molecule has 0 spiro atoms. The van der Waals surface area contributed by atoms with Crippen molar-refractivity contribution >= 4 is 17.4 Å². The van der Waals surface area contributed by atoms with E-state index in [1.54, 1.807) is 6.07 Å². The van der Waals surface area contributed by atoms with Crippen LogP contribution in [0.3, 0.4) is 0 Å². The van der Waals surface area contributed by atoms with E-state index in [-0.39, 0.29) is 11.4 Å². The van der Waals surface area contributed by atoms with Gasteiger partial charge in [0.05, 0.1) is 5.56 Å². The molecule has 1 aromatic carbocycles. The lowest BCUT2D eigenvalue weighted by Crippen LogP contribution is -2.20. The quantitative estimate of drug-likeness (QED) is 0.911. The van der Waals surface area contributed by atoms with Crippen LogP contribution in [0.25, 0.3) is 0 Å². The molecule has 3 N–H and O–H groups in total. The summed E-state index contributed by atoms with van der Waals surface area (Å²) in [4.78, 5) is 18.8. The molecule has 1 heterocycles. The van der Waals surface area contributed by atoms with Crippen molar-refractivity contribution in [3.8, 4) is 0 Å².